The molecule has 4 nitrogen and oxygen atoms in total. The Morgan fingerprint density at radius 3 is 3.04 bits per heavy atom. The number of aryl methyl sites for hydroxylation is 1. The molecule has 23 heavy (non-hydrogen) atoms. The van der Waals surface area contributed by atoms with Crippen molar-refractivity contribution in [2.75, 3.05) is 12.4 Å². The van der Waals surface area contributed by atoms with E-state index in [0.29, 0.717) is 27.8 Å². The van der Waals surface area contributed by atoms with Gasteiger partial charge in [-0.2, -0.15) is 5.26 Å². The summed E-state index contributed by atoms with van der Waals surface area (Å²) in [5.74, 6) is 1.01. The third-order valence-corrected chi connectivity index (χ3v) is 5.39. The zero-order chi connectivity index (χ0) is 16.4. The van der Waals surface area contributed by atoms with Crippen molar-refractivity contribution < 1.29 is 9.53 Å². The number of benzene rings is 1. The molecule has 1 amide bonds. The molecule has 0 spiro atoms. The van der Waals surface area contributed by atoms with Gasteiger partial charge in [0.05, 0.1) is 12.7 Å². The second-order valence-corrected chi connectivity index (χ2v) is 6.96. The molecule has 1 aliphatic rings. The molecule has 0 bridgehead atoms. The van der Waals surface area contributed by atoms with Gasteiger partial charge < -0.3 is 10.1 Å². The van der Waals surface area contributed by atoms with Gasteiger partial charge in [0.15, 0.2) is 0 Å². The lowest BCUT2D eigenvalue weighted by Gasteiger charge is -2.17. The van der Waals surface area contributed by atoms with Gasteiger partial charge in [-0.05, 0) is 48.9 Å². The molecule has 118 valence electrons. The van der Waals surface area contributed by atoms with Crippen LogP contribution >= 0.6 is 11.3 Å². The lowest BCUT2D eigenvalue weighted by Crippen LogP contribution is -2.12. The molecule has 1 heterocycles. The molecule has 0 fully saturated rings. The van der Waals surface area contributed by atoms with Gasteiger partial charge in [0.25, 0.3) is 5.91 Å². The average Bonchev–Trinajstić information content (AvgIpc) is 2.91. The molecule has 0 saturated heterocycles. The maximum Gasteiger partial charge on any atom is 0.256 e. The first-order valence-electron chi connectivity index (χ1n) is 7.62. The number of anilines is 1. The van der Waals surface area contributed by atoms with Crippen molar-refractivity contribution in [2.45, 2.75) is 26.2 Å². The lowest BCUT2D eigenvalue weighted by atomic mass is 9.88. The minimum atomic E-state index is -0.216. The first-order valence-corrected chi connectivity index (χ1v) is 8.44. The van der Waals surface area contributed by atoms with Crippen LogP contribution in [0, 0.1) is 17.2 Å². The van der Waals surface area contributed by atoms with E-state index in [9.17, 15) is 10.1 Å². The van der Waals surface area contributed by atoms with Gasteiger partial charge >= 0.3 is 0 Å². The summed E-state index contributed by atoms with van der Waals surface area (Å²) in [5, 5.41) is 13.1. The molecule has 1 aromatic carbocycles. The molecule has 1 aliphatic carbocycles. The van der Waals surface area contributed by atoms with E-state index in [0.717, 1.165) is 24.8 Å². The highest BCUT2D eigenvalue weighted by Crippen LogP contribution is 2.39. The van der Waals surface area contributed by atoms with Crippen molar-refractivity contribution in [3.8, 4) is 11.8 Å². The number of hydrogen-bond acceptors (Lipinski definition) is 4. The number of thiophene rings is 1. The predicted molar refractivity (Wildman–Crippen MR) is 91.2 cm³/mol. The zero-order valence-corrected chi connectivity index (χ0v) is 14.0. The third kappa shape index (κ3) is 3.08. The molecule has 1 aromatic heterocycles. The second kappa shape index (κ2) is 6.43. The average molecular weight is 326 g/mol. The van der Waals surface area contributed by atoms with Crippen LogP contribution in [0.2, 0.25) is 0 Å². The van der Waals surface area contributed by atoms with Crippen molar-refractivity contribution in [1.29, 1.82) is 5.26 Å². The highest BCUT2D eigenvalue weighted by atomic mass is 32.1. The minimum Gasteiger partial charge on any atom is -0.497 e. The fraction of sp³-hybridized carbons (Fsp3) is 0.333. The summed E-state index contributed by atoms with van der Waals surface area (Å²) in [4.78, 5) is 13.7. The van der Waals surface area contributed by atoms with E-state index >= 15 is 0 Å². The predicted octanol–water partition coefficient (Wildman–Crippen LogP) is 4.01. The van der Waals surface area contributed by atoms with Gasteiger partial charge in [0.1, 0.15) is 16.8 Å². The van der Waals surface area contributed by atoms with Crippen molar-refractivity contribution >= 4 is 22.2 Å². The van der Waals surface area contributed by atoms with E-state index in [1.54, 1.807) is 31.4 Å². The Morgan fingerprint density at radius 2 is 2.30 bits per heavy atom. The van der Waals surface area contributed by atoms with Crippen LogP contribution in [0.15, 0.2) is 24.3 Å². The maximum atomic E-state index is 12.5. The number of ether oxygens (including phenoxy) is 1. The lowest BCUT2D eigenvalue weighted by molar-refractivity contribution is 0.102. The number of amides is 1. The van der Waals surface area contributed by atoms with E-state index in [1.165, 1.54) is 16.2 Å². The van der Waals surface area contributed by atoms with Crippen LogP contribution in [-0.4, -0.2) is 13.0 Å². The second-order valence-electron chi connectivity index (χ2n) is 5.85. The van der Waals surface area contributed by atoms with Crippen molar-refractivity contribution in [3.05, 3.63) is 45.8 Å². The Morgan fingerprint density at radius 1 is 1.48 bits per heavy atom. The summed E-state index contributed by atoms with van der Waals surface area (Å²) in [6.45, 7) is 2.20. The zero-order valence-electron chi connectivity index (χ0n) is 13.2. The quantitative estimate of drug-likeness (QED) is 0.927. The van der Waals surface area contributed by atoms with Crippen LogP contribution in [0.4, 0.5) is 5.00 Å². The highest BCUT2D eigenvalue weighted by Gasteiger charge is 2.25. The summed E-state index contributed by atoms with van der Waals surface area (Å²) in [6, 6.07) is 9.27. The van der Waals surface area contributed by atoms with Crippen LogP contribution in [0.3, 0.4) is 0 Å². The van der Waals surface area contributed by atoms with Gasteiger partial charge in [-0.1, -0.05) is 13.0 Å². The molecular formula is C18H18N2O2S. The number of rotatable bonds is 3. The fourth-order valence-corrected chi connectivity index (χ4v) is 4.09. The Balaban J connectivity index is 1.88. The topological polar surface area (TPSA) is 62.1 Å². The number of carbonyl (C=O) groups excluding carboxylic acids is 1. The van der Waals surface area contributed by atoms with E-state index < -0.39 is 0 Å². The van der Waals surface area contributed by atoms with Crippen LogP contribution in [0.1, 0.15) is 39.7 Å². The minimum absolute atomic E-state index is 0.216. The number of nitriles is 1. The number of carbonyl (C=O) groups is 1. The monoisotopic (exact) mass is 326 g/mol. The van der Waals surface area contributed by atoms with Crippen LogP contribution in [-0.2, 0) is 12.8 Å². The molecule has 0 unspecified atom stereocenters. The largest absolute Gasteiger partial charge is 0.497 e. The van der Waals surface area contributed by atoms with Gasteiger partial charge in [0, 0.05) is 10.4 Å². The molecule has 1 atom stereocenters. The standard InChI is InChI=1S/C18H18N2O2S/c1-11-6-7-16-14(8-11)15(10-19)18(23-16)20-17(21)12-4-3-5-13(9-12)22-2/h3-5,9,11H,6-8H2,1-2H3,(H,20,21)/t11-/m1/s1. The van der Waals surface area contributed by atoms with E-state index in [-0.39, 0.29) is 5.91 Å². The van der Waals surface area contributed by atoms with Crippen molar-refractivity contribution in [3.63, 3.8) is 0 Å². The van der Waals surface area contributed by atoms with Crippen LogP contribution < -0.4 is 10.1 Å². The number of nitrogens with zero attached hydrogens (tertiary/aromatic N) is 1. The van der Waals surface area contributed by atoms with E-state index in [1.807, 2.05) is 0 Å². The molecule has 5 heteroatoms. The Hall–Kier alpha value is -2.32. The Bertz CT molecular complexity index is 789. The SMILES string of the molecule is COc1cccc(C(=O)Nc2sc3c(c2C#N)C[C@H](C)CC3)c1. The summed E-state index contributed by atoms with van der Waals surface area (Å²) >= 11 is 1.54. The summed E-state index contributed by atoms with van der Waals surface area (Å²) in [7, 11) is 1.57. The van der Waals surface area contributed by atoms with Crippen LogP contribution in [0.5, 0.6) is 5.75 Å². The first-order chi connectivity index (χ1) is 11.1. The highest BCUT2D eigenvalue weighted by molar-refractivity contribution is 7.16. The molecule has 3 rings (SSSR count). The summed E-state index contributed by atoms with van der Waals surface area (Å²) in [5.41, 5.74) is 2.28. The van der Waals surface area contributed by atoms with Gasteiger partial charge in [-0.3, -0.25) is 4.79 Å². The maximum absolute atomic E-state index is 12.5. The molecule has 1 N–H and O–H groups in total. The van der Waals surface area contributed by atoms with Gasteiger partial charge in [-0.25, -0.2) is 0 Å². The smallest absolute Gasteiger partial charge is 0.256 e. The van der Waals surface area contributed by atoms with Crippen molar-refractivity contribution in [1.82, 2.24) is 0 Å². The summed E-state index contributed by atoms with van der Waals surface area (Å²) in [6.07, 6.45) is 3.05. The first kappa shape index (κ1) is 15.6. The van der Waals surface area contributed by atoms with Crippen molar-refractivity contribution in [2.24, 2.45) is 5.92 Å². The fourth-order valence-electron chi connectivity index (χ4n) is 2.90. The number of methoxy groups -OCH3 is 1. The van der Waals surface area contributed by atoms with Crippen LogP contribution in [0.25, 0.3) is 0 Å². The molecule has 0 aliphatic heterocycles. The molecule has 0 radical (unpaired) electrons. The molecule has 0 saturated carbocycles. The molecule has 2 aromatic rings. The van der Waals surface area contributed by atoms with Gasteiger partial charge in [-0.15, -0.1) is 11.3 Å². The van der Waals surface area contributed by atoms with Gasteiger partial charge in [0.2, 0.25) is 0 Å². The third-order valence-electron chi connectivity index (χ3n) is 4.18. The van der Waals surface area contributed by atoms with E-state index in [2.05, 4.69) is 18.3 Å². The summed E-state index contributed by atoms with van der Waals surface area (Å²) < 4.78 is 5.15. The number of hydrogen-bond donors (Lipinski definition) is 1. The number of fused-ring (bicyclic) bond motifs is 1. The molecular weight excluding hydrogens is 308 g/mol. The normalized spacial score (nSPS) is 16.3. The Kier molecular flexibility index (Phi) is 4.35. The Labute approximate surface area is 139 Å². The van der Waals surface area contributed by atoms with E-state index in [4.69, 9.17) is 4.74 Å². The number of nitrogens with one attached hydrogen (secondary N) is 1.